The number of likely N-dealkylation sites (N-methyl/N-ethyl adjacent to an activating group) is 1. The van der Waals surface area contributed by atoms with Gasteiger partial charge in [0.2, 0.25) is 17.7 Å². The van der Waals surface area contributed by atoms with E-state index in [2.05, 4.69) is 18.5 Å². The number of rotatable bonds is 4. The molecule has 3 amide bonds. The van der Waals surface area contributed by atoms with Crippen molar-refractivity contribution in [2.45, 2.75) is 37.6 Å². The Bertz CT molecular complexity index is 601. The first-order valence-electron chi connectivity index (χ1n) is 9.04. The largest absolute Gasteiger partial charge is 0.369 e. The van der Waals surface area contributed by atoms with Gasteiger partial charge >= 0.3 is 0 Å². The molecule has 0 aromatic rings. The van der Waals surface area contributed by atoms with E-state index in [-0.39, 0.29) is 17.4 Å². The molecule has 2 saturated heterocycles. The summed E-state index contributed by atoms with van der Waals surface area (Å²) in [5, 5.41) is 0. The molecule has 0 bridgehead atoms. The lowest BCUT2D eigenvalue weighted by Crippen LogP contribution is -2.63. The van der Waals surface area contributed by atoms with Gasteiger partial charge in [-0.05, 0) is 32.7 Å². The fourth-order valence-electron chi connectivity index (χ4n) is 4.21. The maximum Gasteiger partial charge on any atom is 0.238 e. The molecule has 3 rings (SSSR count). The van der Waals surface area contributed by atoms with Gasteiger partial charge in [0.1, 0.15) is 5.41 Å². The Labute approximate surface area is 148 Å². The Morgan fingerprint density at radius 2 is 1.92 bits per heavy atom. The van der Waals surface area contributed by atoms with Crippen molar-refractivity contribution < 1.29 is 14.4 Å². The van der Waals surface area contributed by atoms with Crippen molar-refractivity contribution in [3.63, 3.8) is 0 Å². The van der Waals surface area contributed by atoms with Crippen LogP contribution in [0.2, 0.25) is 0 Å². The summed E-state index contributed by atoms with van der Waals surface area (Å²) in [5.41, 5.74) is 4.29. The third kappa shape index (κ3) is 3.05. The second-order valence-corrected chi connectivity index (χ2v) is 7.70. The molecule has 7 heteroatoms. The predicted octanol–water partition coefficient (Wildman–Crippen LogP) is -0.0368. The monoisotopic (exact) mass is 348 g/mol. The molecule has 3 fully saturated rings. The summed E-state index contributed by atoms with van der Waals surface area (Å²) < 4.78 is 0. The molecule has 2 aliphatic heterocycles. The molecule has 0 radical (unpaired) electrons. The summed E-state index contributed by atoms with van der Waals surface area (Å²) in [6, 6.07) is 0. The number of likely N-dealkylation sites (tertiary alicyclic amines) is 1. The lowest BCUT2D eigenvalue weighted by atomic mass is 9.85. The average molecular weight is 348 g/mol. The summed E-state index contributed by atoms with van der Waals surface area (Å²) in [6.07, 6.45) is 4.89. The van der Waals surface area contributed by atoms with Crippen LogP contribution in [0.4, 0.5) is 0 Å². The standard InChI is InChI=1S/C18H28N4O3/c1-3-9-21-10-8-17(5-4-14(21)23)13-22(12-11-20(17)2)16(25)18(6-7-18)15(19)24/h3H,1,4-13H2,2H3,(H2,19,24)/t17-/m0/s1. The normalized spacial score (nSPS) is 29.4. The van der Waals surface area contributed by atoms with Crippen molar-refractivity contribution in [2.24, 2.45) is 11.1 Å². The molecular weight excluding hydrogens is 320 g/mol. The van der Waals surface area contributed by atoms with Crippen molar-refractivity contribution in [1.29, 1.82) is 0 Å². The molecule has 1 saturated carbocycles. The highest BCUT2D eigenvalue weighted by atomic mass is 16.2. The molecule has 0 unspecified atom stereocenters. The van der Waals surface area contributed by atoms with E-state index in [9.17, 15) is 14.4 Å². The molecule has 1 aliphatic carbocycles. The smallest absolute Gasteiger partial charge is 0.238 e. The number of hydrogen-bond donors (Lipinski definition) is 1. The zero-order valence-electron chi connectivity index (χ0n) is 15.0. The summed E-state index contributed by atoms with van der Waals surface area (Å²) in [4.78, 5) is 42.9. The van der Waals surface area contributed by atoms with E-state index >= 15 is 0 Å². The molecule has 3 aliphatic rings. The van der Waals surface area contributed by atoms with Gasteiger partial charge in [0.15, 0.2) is 0 Å². The van der Waals surface area contributed by atoms with Crippen LogP contribution in [0, 0.1) is 5.41 Å². The Hall–Kier alpha value is -1.89. The molecule has 0 aromatic carbocycles. The first kappa shape index (κ1) is 17.9. The fraction of sp³-hybridized carbons (Fsp3) is 0.722. The Morgan fingerprint density at radius 1 is 1.20 bits per heavy atom. The van der Waals surface area contributed by atoms with Gasteiger partial charge in [-0.1, -0.05) is 6.08 Å². The van der Waals surface area contributed by atoms with Crippen molar-refractivity contribution in [3.05, 3.63) is 12.7 Å². The van der Waals surface area contributed by atoms with Gasteiger partial charge in [0, 0.05) is 44.7 Å². The summed E-state index contributed by atoms with van der Waals surface area (Å²) in [7, 11) is 2.07. The van der Waals surface area contributed by atoms with E-state index in [1.54, 1.807) is 6.08 Å². The highest BCUT2D eigenvalue weighted by molar-refractivity contribution is 6.07. The van der Waals surface area contributed by atoms with Gasteiger partial charge in [0.25, 0.3) is 0 Å². The number of nitrogens with two attached hydrogens (primary N) is 1. The van der Waals surface area contributed by atoms with Crippen LogP contribution < -0.4 is 5.73 Å². The minimum absolute atomic E-state index is 0.119. The molecule has 2 heterocycles. The van der Waals surface area contributed by atoms with E-state index in [0.29, 0.717) is 45.4 Å². The second-order valence-electron chi connectivity index (χ2n) is 7.70. The van der Waals surface area contributed by atoms with Crippen molar-refractivity contribution in [2.75, 3.05) is 39.8 Å². The second kappa shape index (κ2) is 6.44. The lowest BCUT2D eigenvalue weighted by Gasteiger charge is -2.49. The van der Waals surface area contributed by atoms with Crippen LogP contribution in [0.25, 0.3) is 0 Å². The number of hydrogen-bond acceptors (Lipinski definition) is 4. The van der Waals surface area contributed by atoms with Gasteiger partial charge < -0.3 is 15.5 Å². The summed E-state index contributed by atoms with van der Waals surface area (Å²) >= 11 is 0. The summed E-state index contributed by atoms with van der Waals surface area (Å²) in [5.74, 6) is -0.478. The van der Waals surface area contributed by atoms with E-state index in [1.165, 1.54) is 0 Å². The fourth-order valence-corrected chi connectivity index (χ4v) is 4.21. The molecule has 25 heavy (non-hydrogen) atoms. The van der Waals surface area contributed by atoms with Crippen LogP contribution in [0.3, 0.4) is 0 Å². The number of primary amides is 1. The zero-order valence-corrected chi connectivity index (χ0v) is 15.0. The number of carbonyl (C=O) groups excluding carboxylic acids is 3. The maximum atomic E-state index is 12.9. The van der Waals surface area contributed by atoms with E-state index < -0.39 is 11.3 Å². The molecule has 138 valence electrons. The van der Waals surface area contributed by atoms with Gasteiger partial charge in [-0.25, -0.2) is 0 Å². The van der Waals surface area contributed by atoms with Gasteiger partial charge in [-0.15, -0.1) is 6.58 Å². The van der Waals surface area contributed by atoms with Crippen LogP contribution in [-0.4, -0.2) is 77.7 Å². The van der Waals surface area contributed by atoms with E-state index in [4.69, 9.17) is 5.73 Å². The van der Waals surface area contributed by atoms with E-state index in [1.807, 2.05) is 9.80 Å². The minimum Gasteiger partial charge on any atom is -0.369 e. The Morgan fingerprint density at radius 3 is 2.52 bits per heavy atom. The molecule has 0 aromatic heterocycles. The van der Waals surface area contributed by atoms with Gasteiger partial charge in [0.05, 0.1) is 0 Å². The Kier molecular flexibility index (Phi) is 4.62. The number of amides is 3. The van der Waals surface area contributed by atoms with Crippen LogP contribution in [0.5, 0.6) is 0 Å². The molecule has 1 atom stereocenters. The third-order valence-electron chi connectivity index (χ3n) is 6.27. The van der Waals surface area contributed by atoms with Gasteiger partial charge in [-0.3, -0.25) is 19.3 Å². The maximum absolute atomic E-state index is 12.9. The molecule has 2 N–H and O–H groups in total. The SMILES string of the molecule is C=CCN1CC[C@@]2(CCC1=O)CN(C(=O)C1(C(N)=O)CC1)CCN2C. The van der Waals surface area contributed by atoms with Crippen LogP contribution >= 0.6 is 0 Å². The average Bonchev–Trinajstić information content (AvgIpc) is 3.40. The molecule has 7 nitrogen and oxygen atoms in total. The Balaban J connectivity index is 1.76. The number of carbonyl (C=O) groups is 3. The first-order chi connectivity index (χ1) is 11.8. The van der Waals surface area contributed by atoms with Crippen LogP contribution in [-0.2, 0) is 14.4 Å². The molecule has 1 spiro atoms. The highest BCUT2D eigenvalue weighted by Gasteiger charge is 2.58. The van der Waals surface area contributed by atoms with Crippen molar-refractivity contribution in [3.8, 4) is 0 Å². The van der Waals surface area contributed by atoms with Crippen molar-refractivity contribution in [1.82, 2.24) is 14.7 Å². The quantitative estimate of drug-likeness (QED) is 0.571. The van der Waals surface area contributed by atoms with Crippen LogP contribution in [0.15, 0.2) is 12.7 Å². The minimum atomic E-state index is -0.966. The van der Waals surface area contributed by atoms with Gasteiger partial charge in [-0.2, -0.15) is 0 Å². The first-order valence-corrected chi connectivity index (χ1v) is 9.04. The highest BCUT2D eigenvalue weighted by Crippen LogP contribution is 2.47. The topological polar surface area (TPSA) is 87.0 Å². The van der Waals surface area contributed by atoms with E-state index in [0.717, 1.165) is 19.4 Å². The third-order valence-corrected chi connectivity index (χ3v) is 6.27. The number of piperazine rings is 1. The van der Waals surface area contributed by atoms with Crippen molar-refractivity contribution >= 4 is 17.7 Å². The van der Waals surface area contributed by atoms with Crippen LogP contribution in [0.1, 0.15) is 32.1 Å². The number of nitrogens with zero attached hydrogens (tertiary/aromatic N) is 3. The predicted molar refractivity (Wildman–Crippen MR) is 93.4 cm³/mol. The lowest BCUT2D eigenvalue weighted by molar-refractivity contribution is -0.147. The zero-order chi connectivity index (χ0) is 18.2. The summed E-state index contributed by atoms with van der Waals surface area (Å²) in [6.45, 7) is 6.87. The molecular formula is C18H28N4O3.